The van der Waals surface area contributed by atoms with Crippen LogP contribution in [0.4, 0.5) is 5.00 Å². The number of sulfone groups is 1. The lowest BCUT2D eigenvalue weighted by Crippen LogP contribution is -2.48. The SMILES string of the molecule is CCOC(=O)c1c(NC(=O)C(CCS(C)(=O)=O)N2C(=O)c3ccccc3C2=O)sc(C)c1C. The fourth-order valence-electron chi connectivity index (χ4n) is 3.55. The van der Waals surface area contributed by atoms with Crippen LogP contribution in [0.2, 0.25) is 0 Å². The van der Waals surface area contributed by atoms with Crippen LogP contribution < -0.4 is 5.32 Å². The number of benzene rings is 1. The van der Waals surface area contributed by atoms with Crippen molar-refractivity contribution in [2.45, 2.75) is 33.2 Å². The highest BCUT2D eigenvalue weighted by Crippen LogP contribution is 2.34. The molecule has 1 atom stereocenters. The Bertz CT molecular complexity index is 1210. The number of rotatable bonds is 8. The highest BCUT2D eigenvalue weighted by Gasteiger charge is 2.43. The van der Waals surface area contributed by atoms with Gasteiger partial charge in [0.15, 0.2) is 0 Å². The fourth-order valence-corrected chi connectivity index (χ4v) is 5.26. The van der Waals surface area contributed by atoms with E-state index in [1.165, 1.54) is 12.1 Å². The summed E-state index contributed by atoms with van der Waals surface area (Å²) in [5.74, 6) is -3.13. The molecule has 1 aromatic carbocycles. The third-order valence-corrected chi connectivity index (χ3v) is 7.40. The second-order valence-electron chi connectivity index (χ2n) is 7.66. The summed E-state index contributed by atoms with van der Waals surface area (Å²) in [6, 6.07) is 4.77. The summed E-state index contributed by atoms with van der Waals surface area (Å²) in [5.41, 5.74) is 1.13. The molecule has 0 radical (unpaired) electrons. The van der Waals surface area contributed by atoms with E-state index in [0.717, 1.165) is 27.4 Å². The Morgan fingerprint density at radius 1 is 1.12 bits per heavy atom. The van der Waals surface area contributed by atoms with Crippen LogP contribution in [0.5, 0.6) is 0 Å². The normalized spacial score (nSPS) is 14.2. The van der Waals surface area contributed by atoms with Gasteiger partial charge in [-0.05, 0) is 44.9 Å². The summed E-state index contributed by atoms with van der Waals surface area (Å²) in [5, 5.41) is 2.85. The minimum Gasteiger partial charge on any atom is -0.462 e. The molecule has 1 aliphatic rings. The molecule has 1 aliphatic heterocycles. The Morgan fingerprint density at radius 2 is 1.70 bits per heavy atom. The number of esters is 1. The summed E-state index contributed by atoms with van der Waals surface area (Å²) in [6.07, 6.45) is 0.726. The van der Waals surface area contributed by atoms with Gasteiger partial charge in [0.05, 0.1) is 29.1 Å². The molecule has 33 heavy (non-hydrogen) atoms. The van der Waals surface area contributed by atoms with E-state index in [2.05, 4.69) is 5.32 Å². The van der Waals surface area contributed by atoms with Gasteiger partial charge in [-0.1, -0.05) is 12.1 Å². The maximum atomic E-state index is 13.3. The van der Waals surface area contributed by atoms with Gasteiger partial charge < -0.3 is 10.1 Å². The molecule has 0 fully saturated rings. The average molecular weight is 493 g/mol. The minimum atomic E-state index is -3.49. The smallest absolute Gasteiger partial charge is 0.341 e. The molecule has 1 aromatic heterocycles. The van der Waals surface area contributed by atoms with Crippen LogP contribution in [0.25, 0.3) is 0 Å². The van der Waals surface area contributed by atoms with Crippen molar-refractivity contribution in [2.75, 3.05) is 23.9 Å². The molecule has 11 heteroatoms. The quantitative estimate of drug-likeness (QED) is 0.443. The van der Waals surface area contributed by atoms with Gasteiger partial charge in [0, 0.05) is 11.1 Å². The van der Waals surface area contributed by atoms with E-state index in [9.17, 15) is 27.6 Å². The van der Waals surface area contributed by atoms with E-state index in [1.807, 2.05) is 0 Å². The number of amides is 3. The van der Waals surface area contributed by atoms with Crippen molar-refractivity contribution < 1.29 is 32.3 Å². The van der Waals surface area contributed by atoms with Crippen LogP contribution in [-0.4, -0.2) is 61.7 Å². The number of hydrogen-bond donors (Lipinski definition) is 1. The molecule has 176 valence electrons. The maximum Gasteiger partial charge on any atom is 0.341 e. The number of hydrogen-bond acceptors (Lipinski definition) is 8. The van der Waals surface area contributed by atoms with Crippen LogP contribution in [0.3, 0.4) is 0 Å². The first-order chi connectivity index (χ1) is 15.5. The molecule has 0 bridgehead atoms. The Kier molecular flexibility index (Phi) is 7.03. The van der Waals surface area contributed by atoms with Gasteiger partial charge in [-0.15, -0.1) is 11.3 Å². The highest BCUT2D eigenvalue weighted by atomic mass is 32.2. The second kappa shape index (κ2) is 9.44. The minimum absolute atomic E-state index is 0.145. The van der Waals surface area contributed by atoms with Crippen LogP contribution in [0.15, 0.2) is 24.3 Å². The first kappa shape index (κ1) is 24.6. The number of carbonyl (C=O) groups is 4. The summed E-state index contributed by atoms with van der Waals surface area (Å²) in [6.45, 7) is 5.31. The van der Waals surface area contributed by atoms with Crippen molar-refractivity contribution in [1.82, 2.24) is 4.90 Å². The third kappa shape index (κ3) is 4.98. The van der Waals surface area contributed by atoms with Gasteiger partial charge in [-0.3, -0.25) is 19.3 Å². The van der Waals surface area contributed by atoms with Gasteiger partial charge in [0.2, 0.25) is 5.91 Å². The summed E-state index contributed by atoms with van der Waals surface area (Å²) in [4.78, 5) is 53.2. The molecule has 0 spiro atoms. The largest absolute Gasteiger partial charge is 0.462 e. The number of nitrogens with one attached hydrogen (secondary N) is 1. The zero-order valence-corrected chi connectivity index (χ0v) is 20.3. The molecular formula is C22H24N2O7S2. The molecule has 0 aliphatic carbocycles. The lowest BCUT2D eigenvalue weighted by molar-refractivity contribution is -0.120. The van der Waals surface area contributed by atoms with Gasteiger partial charge in [-0.2, -0.15) is 0 Å². The van der Waals surface area contributed by atoms with E-state index in [0.29, 0.717) is 5.56 Å². The average Bonchev–Trinajstić information content (AvgIpc) is 3.15. The number of carbonyl (C=O) groups excluding carboxylic acids is 4. The lowest BCUT2D eigenvalue weighted by Gasteiger charge is -2.25. The van der Waals surface area contributed by atoms with Crippen LogP contribution in [-0.2, 0) is 19.4 Å². The zero-order valence-electron chi connectivity index (χ0n) is 18.6. The molecule has 2 heterocycles. The maximum absolute atomic E-state index is 13.3. The molecule has 3 rings (SSSR count). The fraction of sp³-hybridized carbons (Fsp3) is 0.364. The molecule has 0 saturated carbocycles. The van der Waals surface area contributed by atoms with Gasteiger partial charge in [0.1, 0.15) is 20.9 Å². The topological polar surface area (TPSA) is 127 Å². The number of thiophene rings is 1. The monoisotopic (exact) mass is 492 g/mol. The Morgan fingerprint density at radius 3 is 2.21 bits per heavy atom. The number of aryl methyl sites for hydroxylation is 1. The molecule has 3 amide bonds. The van der Waals surface area contributed by atoms with E-state index in [4.69, 9.17) is 4.74 Å². The van der Waals surface area contributed by atoms with Crippen molar-refractivity contribution in [3.8, 4) is 0 Å². The summed E-state index contributed by atoms with van der Waals surface area (Å²) in [7, 11) is -3.49. The standard InChI is InChI=1S/C22H24N2O7S2/c1-5-31-22(28)17-12(2)13(3)32-19(17)23-18(25)16(10-11-33(4,29)30)24-20(26)14-8-6-7-9-15(14)21(24)27/h6-9,16H,5,10-11H2,1-4H3,(H,23,25). The van der Waals surface area contributed by atoms with E-state index in [-0.39, 0.29) is 34.7 Å². The third-order valence-electron chi connectivity index (χ3n) is 5.30. The summed E-state index contributed by atoms with van der Waals surface area (Å²) >= 11 is 1.16. The number of nitrogens with zero attached hydrogens (tertiary/aromatic N) is 1. The molecule has 1 N–H and O–H groups in total. The van der Waals surface area contributed by atoms with Crippen molar-refractivity contribution in [2.24, 2.45) is 0 Å². The molecule has 9 nitrogen and oxygen atoms in total. The van der Waals surface area contributed by atoms with Crippen molar-refractivity contribution in [1.29, 1.82) is 0 Å². The second-order valence-corrected chi connectivity index (χ2v) is 11.1. The van der Waals surface area contributed by atoms with E-state index in [1.54, 1.807) is 32.9 Å². The number of fused-ring (bicyclic) bond motifs is 1. The number of imide groups is 1. The molecule has 2 aromatic rings. The summed E-state index contributed by atoms with van der Waals surface area (Å²) < 4.78 is 28.7. The predicted octanol–water partition coefficient (Wildman–Crippen LogP) is 2.58. The van der Waals surface area contributed by atoms with Crippen molar-refractivity contribution in [3.63, 3.8) is 0 Å². The molecule has 1 unspecified atom stereocenters. The zero-order chi connectivity index (χ0) is 24.5. The predicted molar refractivity (Wildman–Crippen MR) is 123 cm³/mol. The van der Waals surface area contributed by atoms with Gasteiger partial charge >= 0.3 is 5.97 Å². The number of ether oxygens (including phenoxy) is 1. The van der Waals surface area contributed by atoms with Crippen LogP contribution >= 0.6 is 11.3 Å². The first-order valence-corrected chi connectivity index (χ1v) is 13.1. The van der Waals surface area contributed by atoms with Crippen molar-refractivity contribution >= 4 is 49.9 Å². The Balaban J connectivity index is 1.97. The van der Waals surface area contributed by atoms with E-state index >= 15 is 0 Å². The lowest BCUT2D eigenvalue weighted by atomic mass is 10.1. The highest BCUT2D eigenvalue weighted by molar-refractivity contribution is 7.90. The van der Waals surface area contributed by atoms with Crippen LogP contribution in [0, 0.1) is 13.8 Å². The Labute approximate surface area is 195 Å². The van der Waals surface area contributed by atoms with E-state index < -0.39 is 45.3 Å². The van der Waals surface area contributed by atoms with Gasteiger partial charge in [-0.25, -0.2) is 13.2 Å². The van der Waals surface area contributed by atoms with Gasteiger partial charge in [0.25, 0.3) is 11.8 Å². The van der Waals surface area contributed by atoms with Crippen LogP contribution in [0.1, 0.15) is 54.9 Å². The number of anilines is 1. The Hall–Kier alpha value is -3.05. The molecule has 0 saturated heterocycles. The first-order valence-electron chi connectivity index (χ1n) is 10.2. The van der Waals surface area contributed by atoms with Crippen molar-refractivity contribution in [3.05, 3.63) is 51.4 Å². The molecular weight excluding hydrogens is 468 g/mol.